The normalized spacial score (nSPS) is 13.5. The van der Waals surface area contributed by atoms with E-state index in [4.69, 9.17) is 4.74 Å². The van der Waals surface area contributed by atoms with E-state index in [1.54, 1.807) is 7.11 Å². The third-order valence-electron chi connectivity index (χ3n) is 6.52. The molecule has 0 N–H and O–H groups in total. The maximum absolute atomic E-state index is 5.44. The Morgan fingerprint density at radius 1 is 0.903 bits per heavy atom. The average molecular weight is 439 g/mol. The first-order valence-corrected chi connectivity index (χ1v) is 14.5. The van der Waals surface area contributed by atoms with Gasteiger partial charge in [0.05, 0.1) is 6.61 Å². The Morgan fingerprint density at radius 2 is 1.45 bits per heavy atom. The first-order chi connectivity index (χ1) is 14.8. The van der Waals surface area contributed by atoms with Crippen LogP contribution in [0, 0.1) is 11.5 Å². The van der Waals surface area contributed by atoms with Gasteiger partial charge in [-0.3, -0.25) is 0 Å². The summed E-state index contributed by atoms with van der Waals surface area (Å²) in [6.07, 6.45) is 6.56. The molecular weight excluding hydrogens is 392 g/mol. The highest BCUT2D eigenvalue weighted by Gasteiger charge is 2.41. The topological polar surface area (TPSA) is 9.23 Å². The predicted molar refractivity (Wildman–Crippen MR) is 142 cm³/mol. The molecule has 2 heteroatoms. The van der Waals surface area contributed by atoms with Crippen LogP contribution in [-0.4, -0.2) is 21.8 Å². The molecule has 0 fully saturated rings. The lowest BCUT2D eigenvalue weighted by Crippen LogP contribution is -2.43. The van der Waals surface area contributed by atoms with Crippen molar-refractivity contribution in [1.29, 1.82) is 0 Å². The second-order valence-electron chi connectivity index (χ2n) is 9.54. The Kier molecular flexibility index (Phi) is 12.2. The second kappa shape index (κ2) is 13.8. The fraction of sp³-hybridized carbons (Fsp3) is 0.586. The first-order valence-electron chi connectivity index (χ1n) is 12.3. The number of allylic oxidation sites excluding steroid dienone is 3. The molecule has 0 radical (unpaired) electrons. The van der Waals surface area contributed by atoms with Gasteiger partial charge in [0.2, 0.25) is 0 Å². The van der Waals surface area contributed by atoms with Crippen LogP contribution >= 0.6 is 0 Å². The summed E-state index contributed by atoms with van der Waals surface area (Å²) in [6.45, 7) is 19.5. The molecule has 0 aromatic heterocycles. The van der Waals surface area contributed by atoms with E-state index in [9.17, 15) is 0 Å². The van der Waals surface area contributed by atoms with E-state index >= 15 is 0 Å². The van der Waals surface area contributed by atoms with Crippen molar-refractivity contribution in [1.82, 2.24) is 0 Å². The van der Waals surface area contributed by atoms with Crippen LogP contribution in [-0.2, 0) is 4.74 Å². The molecule has 0 aliphatic heterocycles. The summed E-state index contributed by atoms with van der Waals surface area (Å²) < 4.78 is 5.44. The first kappa shape index (κ1) is 27.5. The average Bonchev–Trinajstić information content (AvgIpc) is 2.73. The van der Waals surface area contributed by atoms with Gasteiger partial charge in [-0.05, 0) is 46.2 Å². The zero-order chi connectivity index (χ0) is 23.4. The van der Waals surface area contributed by atoms with Crippen LogP contribution in [0.4, 0.5) is 0 Å². The number of hydrogen-bond donors (Lipinski definition) is 0. The number of hydrogen-bond acceptors (Lipinski definition) is 1. The molecule has 31 heavy (non-hydrogen) atoms. The van der Waals surface area contributed by atoms with Gasteiger partial charge in [0.25, 0.3) is 0 Å². The Morgan fingerprint density at radius 3 is 1.90 bits per heavy atom. The van der Waals surface area contributed by atoms with Crippen molar-refractivity contribution in [2.24, 2.45) is 0 Å². The monoisotopic (exact) mass is 438 g/mol. The molecule has 0 unspecified atom stereocenters. The maximum Gasteiger partial charge on any atom is 0.146 e. The second-order valence-corrected chi connectivity index (χ2v) is 15.1. The van der Waals surface area contributed by atoms with Gasteiger partial charge in [0.1, 0.15) is 8.07 Å². The van der Waals surface area contributed by atoms with Crippen molar-refractivity contribution in [2.45, 2.75) is 97.7 Å². The lowest BCUT2D eigenvalue weighted by molar-refractivity contribution is 0.234. The van der Waals surface area contributed by atoms with Crippen LogP contribution in [0.25, 0.3) is 5.57 Å². The summed E-state index contributed by atoms with van der Waals surface area (Å²) >= 11 is 0. The summed E-state index contributed by atoms with van der Waals surface area (Å²) in [4.78, 5) is 0. The fourth-order valence-electron chi connectivity index (χ4n) is 5.05. The van der Waals surface area contributed by atoms with Crippen LogP contribution in [0.3, 0.4) is 0 Å². The van der Waals surface area contributed by atoms with Crippen molar-refractivity contribution in [3.8, 4) is 11.5 Å². The van der Waals surface area contributed by atoms with E-state index in [1.807, 2.05) is 0 Å². The van der Waals surface area contributed by atoms with Crippen molar-refractivity contribution >= 4 is 13.6 Å². The molecule has 0 heterocycles. The van der Waals surface area contributed by atoms with Crippen molar-refractivity contribution in [3.05, 3.63) is 53.1 Å². The van der Waals surface area contributed by atoms with E-state index in [1.165, 1.54) is 22.3 Å². The molecule has 0 saturated carbocycles. The summed E-state index contributed by atoms with van der Waals surface area (Å²) in [5.74, 6) is 3.83. The van der Waals surface area contributed by atoms with Gasteiger partial charge in [-0.25, -0.2) is 0 Å². The molecule has 172 valence electrons. The Balaban J connectivity index is 3.78. The lowest BCUT2D eigenvalue weighted by atomic mass is 9.89. The highest BCUT2D eigenvalue weighted by molar-refractivity contribution is 6.90. The zero-order valence-corrected chi connectivity index (χ0v) is 22.6. The summed E-state index contributed by atoms with van der Waals surface area (Å²) in [6, 6.07) is 10.8. The molecule has 0 aliphatic carbocycles. The lowest BCUT2D eigenvalue weighted by Gasteiger charge is -2.38. The van der Waals surface area contributed by atoms with Gasteiger partial charge in [-0.2, -0.15) is 0 Å². The molecule has 0 aliphatic rings. The van der Waals surface area contributed by atoms with E-state index in [2.05, 4.69) is 103 Å². The van der Waals surface area contributed by atoms with E-state index in [0.717, 1.165) is 25.7 Å². The van der Waals surface area contributed by atoms with E-state index < -0.39 is 8.07 Å². The van der Waals surface area contributed by atoms with Gasteiger partial charge in [-0.15, -0.1) is 5.54 Å². The van der Waals surface area contributed by atoms with Crippen LogP contribution < -0.4 is 0 Å². The maximum atomic E-state index is 5.44. The smallest absolute Gasteiger partial charge is 0.146 e. The predicted octanol–water partition coefficient (Wildman–Crippen LogP) is 8.83. The molecular formula is C29H46OSi. The summed E-state index contributed by atoms with van der Waals surface area (Å²) in [5, 5.41) is 0. The Hall–Kier alpha value is -1.56. The molecule has 0 spiro atoms. The van der Waals surface area contributed by atoms with Gasteiger partial charge < -0.3 is 4.74 Å². The quantitative estimate of drug-likeness (QED) is 0.190. The molecule has 0 amide bonds. The largest absolute Gasteiger partial charge is 0.381 e. The van der Waals surface area contributed by atoms with Gasteiger partial charge in [0, 0.05) is 12.7 Å². The van der Waals surface area contributed by atoms with E-state index in [0.29, 0.717) is 23.2 Å². The summed E-state index contributed by atoms with van der Waals surface area (Å²) in [7, 11) is -0.000259. The van der Waals surface area contributed by atoms with Gasteiger partial charge >= 0.3 is 0 Å². The van der Waals surface area contributed by atoms with Crippen LogP contribution in [0.15, 0.2) is 47.6 Å². The number of benzene rings is 1. The van der Waals surface area contributed by atoms with Crippen LogP contribution in [0.2, 0.25) is 16.6 Å². The molecule has 0 bridgehead atoms. The molecule has 0 atom stereocenters. The molecule has 1 nitrogen and oxygen atoms in total. The van der Waals surface area contributed by atoms with E-state index in [-0.39, 0.29) is 0 Å². The third-order valence-corrected chi connectivity index (χ3v) is 12.8. The molecule has 1 aromatic rings. The SMILES string of the molecule is CCC/C(C#C[Si](C(C)C)(C(C)C)C(C)C)=C(CCC)/C(=C/COC)c1ccccc1. The van der Waals surface area contributed by atoms with Gasteiger partial charge in [0.15, 0.2) is 0 Å². The molecule has 1 aromatic carbocycles. The standard InChI is InChI=1S/C29H46OSi/c1-10-15-26(20-22-31(23(3)4,24(5)6)25(7)8)28(16-11-2)29(19-21-30-9)27-17-13-12-14-18-27/h12-14,17-19,23-25H,10-11,15-16,21H2,1-9H3/b28-26-,29-19+. The minimum absolute atomic E-state index is 0.618. The number of methoxy groups -OCH3 is 1. The van der Waals surface area contributed by atoms with Crippen molar-refractivity contribution in [2.75, 3.05) is 13.7 Å². The Labute approximate surface area is 194 Å². The third kappa shape index (κ3) is 7.23. The zero-order valence-electron chi connectivity index (χ0n) is 21.6. The summed E-state index contributed by atoms with van der Waals surface area (Å²) in [5.41, 5.74) is 11.3. The molecule has 1 rings (SSSR count). The van der Waals surface area contributed by atoms with Crippen LogP contribution in [0.1, 0.15) is 86.6 Å². The fourth-order valence-corrected chi connectivity index (χ4v) is 10.3. The van der Waals surface area contributed by atoms with Crippen molar-refractivity contribution in [3.63, 3.8) is 0 Å². The number of ether oxygens (including phenoxy) is 1. The van der Waals surface area contributed by atoms with Crippen LogP contribution in [0.5, 0.6) is 0 Å². The number of rotatable bonds is 11. The molecule has 0 saturated heterocycles. The highest BCUT2D eigenvalue weighted by Crippen LogP contribution is 2.41. The highest BCUT2D eigenvalue weighted by atomic mass is 28.3. The van der Waals surface area contributed by atoms with Gasteiger partial charge in [-0.1, -0.05) is 111 Å². The Bertz CT molecular complexity index is 750. The minimum atomic E-state index is -1.77. The van der Waals surface area contributed by atoms with Crippen molar-refractivity contribution < 1.29 is 4.74 Å². The minimum Gasteiger partial charge on any atom is -0.381 e.